The van der Waals surface area contributed by atoms with Crippen molar-refractivity contribution >= 4 is 27.3 Å². The molecule has 1 aliphatic heterocycles. The first-order valence-corrected chi connectivity index (χ1v) is 12.6. The van der Waals surface area contributed by atoms with Gasteiger partial charge in [-0.25, -0.2) is 8.42 Å². The molecular formula is C23H24N4O3S2. The third-order valence-electron chi connectivity index (χ3n) is 5.85. The zero-order chi connectivity index (χ0) is 22.9. The lowest BCUT2D eigenvalue weighted by molar-refractivity contribution is 0.0697. The van der Waals surface area contributed by atoms with Crippen molar-refractivity contribution in [2.75, 3.05) is 26.2 Å². The number of hydrogen-bond acceptors (Lipinski definition) is 5. The molecule has 0 bridgehead atoms. The number of aryl methyl sites for hydroxylation is 1. The molecule has 2 aromatic heterocycles. The molecule has 7 nitrogen and oxygen atoms in total. The number of benzene rings is 1. The fourth-order valence-corrected chi connectivity index (χ4v) is 6.30. The number of amides is 1. The maximum absolute atomic E-state index is 13.2. The molecule has 0 unspecified atom stereocenters. The van der Waals surface area contributed by atoms with E-state index in [1.165, 1.54) is 21.3 Å². The maximum Gasteiger partial charge on any atom is 0.255 e. The van der Waals surface area contributed by atoms with Crippen molar-refractivity contribution in [2.45, 2.75) is 25.3 Å². The highest BCUT2D eigenvalue weighted by atomic mass is 32.2. The van der Waals surface area contributed by atoms with Crippen LogP contribution in [-0.4, -0.2) is 54.3 Å². The first kappa shape index (κ1) is 22.3. The molecule has 0 saturated carbocycles. The average molecular weight is 469 g/mol. The van der Waals surface area contributed by atoms with Crippen LogP contribution >= 0.6 is 11.3 Å². The SMILES string of the molecule is Cc1cc(C(=O)N2CCN(S(=O)(=O)c3ccccc3C#N)CC2)c(C)n1Cc1cccs1. The van der Waals surface area contributed by atoms with Crippen molar-refractivity contribution < 1.29 is 13.2 Å². The average Bonchev–Trinajstić information content (AvgIpc) is 3.42. The Hall–Kier alpha value is -2.93. The molecule has 1 saturated heterocycles. The zero-order valence-corrected chi connectivity index (χ0v) is 19.6. The molecule has 3 aromatic rings. The monoisotopic (exact) mass is 468 g/mol. The minimum atomic E-state index is -3.79. The van der Waals surface area contributed by atoms with Crippen LogP contribution in [0, 0.1) is 25.2 Å². The minimum Gasteiger partial charge on any atom is -0.343 e. The number of carbonyl (C=O) groups excluding carboxylic acids is 1. The molecule has 1 aromatic carbocycles. The molecule has 0 N–H and O–H groups in total. The fourth-order valence-electron chi connectivity index (χ4n) is 4.04. The van der Waals surface area contributed by atoms with E-state index < -0.39 is 10.0 Å². The highest BCUT2D eigenvalue weighted by molar-refractivity contribution is 7.89. The Balaban J connectivity index is 1.48. The van der Waals surface area contributed by atoms with Crippen molar-refractivity contribution in [3.8, 4) is 6.07 Å². The van der Waals surface area contributed by atoms with Crippen LogP contribution in [0.3, 0.4) is 0 Å². The van der Waals surface area contributed by atoms with Gasteiger partial charge in [0, 0.05) is 42.4 Å². The second-order valence-corrected chi connectivity index (χ2v) is 10.7. The van der Waals surface area contributed by atoms with Gasteiger partial charge in [0.1, 0.15) is 6.07 Å². The van der Waals surface area contributed by atoms with E-state index in [0.29, 0.717) is 18.7 Å². The van der Waals surface area contributed by atoms with Gasteiger partial charge in [-0.15, -0.1) is 11.3 Å². The molecule has 166 valence electrons. The summed E-state index contributed by atoms with van der Waals surface area (Å²) in [6.45, 7) is 5.68. The van der Waals surface area contributed by atoms with E-state index in [9.17, 15) is 18.5 Å². The smallest absolute Gasteiger partial charge is 0.255 e. The third kappa shape index (κ3) is 4.09. The predicted molar refractivity (Wildman–Crippen MR) is 123 cm³/mol. The van der Waals surface area contributed by atoms with Gasteiger partial charge < -0.3 is 9.47 Å². The molecular weight excluding hydrogens is 444 g/mol. The third-order valence-corrected chi connectivity index (χ3v) is 8.67. The number of sulfonamides is 1. The first-order chi connectivity index (χ1) is 15.3. The Bertz CT molecular complexity index is 1280. The molecule has 1 aliphatic rings. The maximum atomic E-state index is 13.2. The number of hydrogen-bond donors (Lipinski definition) is 0. The van der Waals surface area contributed by atoms with Crippen LogP contribution < -0.4 is 0 Å². The standard InChI is InChI=1S/C23H24N4O3S2/c1-17-14-21(18(2)27(17)16-20-7-5-13-31-20)23(28)25-9-11-26(12-10-25)32(29,30)22-8-4-3-6-19(22)15-24/h3-8,13-14H,9-12,16H2,1-2H3. The molecule has 1 amide bonds. The second-order valence-electron chi connectivity index (χ2n) is 7.75. The van der Waals surface area contributed by atoms with Gasteiger partial charge in [0.05, 0.1) is 22.6 Å². The van der Waals surface area contributed by atoms with Crippen LogP contribution in [0.2, 0.25) is 0 Å². The summed E-state index contributed by atoms with van der Waals surface area (Å²) < 4.78 is 29.6. The van der Waals surface area contributed by atoms with Gasteiger partial charge >= 0.3 is 0 Å². The Morgan fingerprint density at radius 2 is 1.81 bits per heavy atom. The van der Waals surface area contributed by atoms with Gasteiger partial charge in [-0.2, -0.15) is 9.57 Å². The number of piperazine rings is 1. The zero-order valence-electron chi connectivity index (χ0n) is 18.0. The number of carbonyl (C=O) groups is 1. The Morgan fingerprint density at radius 1 is 1.09 bits per heavy atom. The van der Waals surface area contributed by atoms with Gasteiger partial charge in [0.25, 0.3) is 5.91 Å². The van der Waals surface area contributed by atoms with Crippen molar-refractivity contribution in [3.05, 3.63) is 75.2 Å². The highest BCUT2D eigenvalue weighted by Gasteiger charge is 2.32. The van der Waals surface area contributed by atoms with E-state index in [2.05, 4.69) is 10.6 Å². The number of rotatable bonds is 5. The van der Waals surface area contributed by atoms with Crippen LogP contribution in [0.15, 0.2) is 52.7 Å². The van der Waals surface area contributed by atoms with Gasteiger partial charge in [-0.3, -0.25) is 4.79 Å². The lowest BCUT2D eigenvalue weighted by atomic mass is 10.2. The van der Waals surface area contributed by atoms with E-state index in [-0.39, 0.29) is 29.5 Å². The normalized spacial score (nSPS) is 15.0. The van der Waals surface area contributed by atoms with E-state index in [0.717, 1.165) is 17.9 Å². The number of nitrogens with zero attached hydrogens (tertiary/aromatic N) is 4. The van der Waals surface area contributed by atoms with Crippen LogP contribution in [0.5, 0.6) is 0 Å². The molecule has 0 spiro atoms. The van der Waals surface area contributed by atoms with Crippen LogP contribution in [0.25, 0.3) is 0 Å². The molecule has 32 heavy (non-hydrogen) atoms. The summed E-state index contributed by atoms with van der Waals surface area (Å²) in [7, 11) is -3.79. The summed E-state index contributed by atoms with van der Waals surface area (Å²) >= 11 is 1.69. The van der Waals surface area contributed by atoms with Crippen molar-refractivity contribution in [1.29, 1.82) is 5.26 Å². The van der Waals surface area contributed by atoms with Gasteiger partial charge in [0.15, 0.2) is 0 Å². The van der Waals surface area contributed by atoms with E-state index >= 15 is 0 Å². The Labute approximate surface area is 192 Å². The van der Waals surface area contributed by atoms with Gasteiger partial charge in [-0.05, 0) is 43.5 Å². The molecule has 1 fully saturated rings. The lowest BCUT2D eigenvalue weighted by Gasteiger charge is -2.34. The van der Waals surface area contributed by atoms with Gasteiger partial charge in [-0.1, -0.05) is 18.2 Å². The highest BCUT2D eigenvalue weighted by Crippen LogP contribution is 2.24. The first-order valence-electron chi connectivity index (χ1n) is 10.3. The van der Waals surface area contributed by atoms with E-state index in [1.54, 1.807) is 28.4 Å². The molecule has 3 heterocycles. The summed E-state index contributed by atoms with van der Waals surface area (Å²) in [5.41, 5.74) is 2.72. The van der Waals surface area contributed by atoms with E-state index in [4.69, 9.17) is 0 Å². The summed E-state index contributed by atoms with van der Waals surface area (Å²) in [4.78, 5) is 16.2. The topological polar surface area (TPSA) is 86.4 Å². The number of aromatic nitrogens is 1. The predicted octanol–water partition coefficient (Wildman–Crippen LogP) is 3.23. The number of thiophene rings is 1. The molecule has 9 heteroatoms. The van der Waals surface area contributed by atoms with E-state index in [1.807, 2.05) is 37.4 Å². The summed E-state index contributed by atoms with van der Waals surface area (Å²) in [6.07, 6.45) is 0. The Kier molecular flexibility index (Phi) is 6.20. The molecule has 0 aliphatic carbocycles. The van der Waals surface area contributed by atoms with Crippen molar-refractivity contribution in [2.24, 2.45) is 0 Å². The van der Waals surface area contributed by atoms with Crippen molar-refractivity contribution in [3.63, 3.8) is 0 Å². The Morgan fingerprint density at radius 3 is 2.47 bits per heavy atom. The van der Waals surface area contributed by atoms with Gasteiger partial charge in [0.2, 0.25) is 10.0 Å². The summed E-state index contributed by atoms with van der Waals surface area (Å²) in [6, 6.07) is 14.2. The van der Waals surface area contributed by atoms with Crippen LogP contribution in [0.1, 0.15) is 32.2 Å². The van der Waals surface area contributed by atoms with Crippen LogP contribution in [-0.2, 0) is 16.6 Å². The number of nitriles is 1. The molecule has 0 atom stereocenters. The molecule has 0 radical (unpaired) electrons. The van der Waals surface area contributed by atoms with Crippen LogP contribution in [0.4, 0.5) is 0 Å². The molecule has 4 rings (SSSR count). The summed E-state index contributed by atoms with van der Waals surface area (Å²) in [5, 5.41) is 11.3. The largest absolute Gasteiger partial charge is 0.343 e. The lowest BCUT2D eigenvalue weighted by Crippen LogP contribution is -2.50. The quantitative estimate of drug-likeness (QED) is 0.575. The summed E-state index contributed by atoms with van der Waals surface area (Å²) in [5.74, 6) is -0.0787. The van der Waals surface area contributed by atoms with Crippen molar-refractivity contribution in [1.82, 2.24) is 13.8 Å². The second kappa shape index (κ2) is 8.90. The minimum absolute atomic E-state index is 0.0133. The fraction of sp³-hybridized carbons (Fsp3) is 0.304.